The Bertz CT molecular complexity index is 1150. The van der Waals surface area contributed by atoms with E-state index in [-0.39, 0.29) is 17.7 Å². The van der Waals surface area contributed by atoms with Crippen molar-refractivity contribution in [2.75, 3.05) is 26.2 Å². The van der Waals surface area contributed by atoms with Crippen molar-refractivity contribution in [2.24, 2.45) is 0 Å². The molecule has 0 saturated heterocycles. The maximum Gasteiger partial charge on any atom is 0.294 e. The van der Waals surface area contributed by atoms with Crippen molar-refractivity contribution in [3.8, 4) is 17.2 Å². The molecule has 0 spiro atoms. The molecule has 8 nitrogen and oxygen atoms in total. The van der Waals surface area contributed by atoms with Crippen LogP contribution < -0.4 is 24.4 Å². The molecule has 0 radical (unpaired) electrons. The summed E-state index contributed by atoms with van der Waals surface area (Å²) in [4.78, 5) is 29.1. The summed E-state index contributed by atoms with van der Waals surface area (Å²) < 4.78 is 21.7. The molecule has 3 aromatic rings. The van der Waals surface area contributed by atoms with Crippen molar-refractivity contribution in [3.05, 3.63) is 72.2 Å². The van der Waals surface area contributed by atoms with Gasteiger partial charge in [-0.25, -0.2) is 0 Å². The molecule has 1 fully saturated rings. The molecular weight excluding hydrogens is 448 g/mol. The van der Waals surface area contributed by atoms with Crippen LogP contribution in [0.4, 0.5) is 5.69 Å². The third kappa shape index (κ3) is 5.26. The van der Waals surface area contributed by atoms with Gasteiger partial charge in [-0.3, -0.25) is 14.5 Å². The summed E-state index contributed by atoms with van der Waals surface area (Å²) in [6, 6.07) is 14.5. The van der Waals surface area contributed by atoms with Crippen LogP contribution in [0.25, 0.3) is 0 Å². The lowest BCUT2D eigenvalue weighted by atomic mass is 10.0. The first-order chi connectivity index (χ1) is 17.0. The van der Waals surface area contributed by atoms with Crippen LogP contribution >= 0.6 is 0 Å². The van der Waals surface area contributed by atoms with Gasteiger partial charge in [0.05, 0.1) is 27.6 Å². The number of benzene rings is 2. The lowest BCUT2D eigenvalue weighted by Gasteiger charge is -2.32. The summed E-state index contributed by atoms with van der Waals surface area (Å²) in [5, 5.41) is 3.16. The van der Waals surface area contributed by atoms with Gasteiger partial charge < -0.3 is 23.9 Å². The van der Waals surface area contributed by atoms with E-state index in [0.717, 1.165) is 25.7 Å². The van der Waals surface area contributed by atoms with Gasteiger partial charge in [-0.1, -0.05) is 25.0 Å². The highest BCUT2D eigenvalue weighted by Gasteiger charge is 2.36. The number of furan rings is 1. The van der Waals surface area contributed by atoms with Gasteiger partial charge in [0, 0.05) is 17.8 Å². The number of hydrogen-bond donors (Lipinski definition) is 1. The van der Waals surface area contributed by atoms with Gasteiger partial charge in [-0.15, -0.1) is 0 Å². The number of anilines is 1. The summed E-state index contributed by atoms with van der Waals surface area (Å²) in [6.45, 7) is 0. The molecule has 1 heterocycles. The number of rotatable bonds is 9. The van der Waals surface area contributed by atoms with E-state index in [0.29, 0.717) is 28.5 Å². The Hall–Kier alpha value is -3.94. The van der Waals surface area contributed by atoms with Crippen LogP contribution in [0.2, 0.25) is 0 Å². The third-order valence-corrected chi connectivity index (χ3v) is 6.21. The first-order valence-corrected chi connectivity index (χ1v) is 11.6. The second-order valence-corrected chi connectivity index (χ2v) is 8.36. The van der Waals surface area contributed by atoms with E-state index >= 15 is 0 Å². The van der Waals surface area contributed by atoms with Gasteiger partial charge in [0.1, 0.15) is 11.8 Å². The van der Waals surface area contributed by atoms with Crippen LogP contribution in [0.3, 0.4) is 0 Å². The highest BCUT2D eigenvalue weighted by Crippen LogP contribution is 2.36. The van der Waals surface area contributed by atoms with Gasteiger partial charge in [-0.2, -0.15) is 0 Å². The predicted octanol–water partition coefficient (Wildman–Crippen LogP) is 4.75. The number of methoxy groups -OCH3 is 3. The van der Waals surface area contributed by atoms with Crippen molar-refractivity contribution in [3.63, 3.8) is 0 Å². The zero-order valence-corrected chi connectivity index (χ0v) is 20.2. The average Bonchev–Trinajstić information content (AvgIpc) is 3.61. The molecule has 8 heteroatoms. The molecule has 1 aromatic heterocycles. The zero-order valence-electron chi connectivity index (χ0n) is 20.2. The Morgan fingerprint density at radius 2 is 1.71 bits per heavy atom. The summed E-state index contributed by atoms with van der Waals surface area (Å²) in [6.07, 6.45) is 5.39. The summed E-state index contributed by atoms with van der Waals surface area (Å²) in [5.41, 5.74) is 1.06. The minimum absolute atomic E-state index is 0.0658. The Labute approximate surface area is 204 Å². The molecule has 1 unspecified atom stereocenters. The molecular formula is C27H30N2O6. The Kier molecular flexibility index (Phi) is 7.60. The summed E-state index contributed by atoms with van der Waals surface area (Å²) in [7, 11) is 4.63. The number of hydrogen-bond acceptors (Lipinski definition) is 6. The standard InChI is InChI=1S/C27H30N2O6/c1-32-21-11-6-10-20(17-21)29(27(31)23-12-7-15-35-23)25(26(30)28-19-8-4-5-9-19)18-13-14-22(33-2)24(16-18)34-3/h6-7,10-17,19,25H,4-5,8-9H2,1-3H3,(H,28,30). The van der Waals surface area contributed by atoms with E-state index in [9.17, 15) is 9.59 Å². The molecule has 1 atom stereocenters. The van der Waals surface area contributed by atoms with Crippen LogP contribution in [0.1, 0.15) is 47.8 Å². The predicted molar refractivity (Wildman–Crippen MR) is 131 cm³/mol. The van der Waals surface area contributed by atoms with Crippen LogP contribution in [0.15, 0.2) is 65.3 Å². The monoisotopic (exact) mass is 478 g/mol. The molecule has 2 aromatic carbocycles. The highest BCUT2D eigenvalue weighted by atomic mass is 16.5. The maximum atomic E-state index is 13.9. The van der Waals surface area contributed by atoms with Crippen LogP contribution in [-0.2, 0) is 4.79 Å². The van der Waals surface area contributed by atoms with Crippen molar-refractivity contribution in [2.45, 2.75) is 37.8 Å². The Balaban J connectivity index is 1.86. The Morgan fingerprint density at radius 1 is 0.943 bits per heavy atom. The molecule has 184 valence electrons. The van der Waals surface area contributed by atoms with Crippen LogP contribution in [0.5, 0.6) is 17.2 Å². The van der Waals surface area contributed by atoms with Gasteiger partial charge in [0.2, 0.25) is 5.91 Å². The fraction of sp³-hybridized carbons (Fsp3) is 0.333. The number of carbonyl (C=O) groups is 2. The molecule has 35 heavy (non-hydrogen) atoms. The van der Waals surface area contributed by atoms with Crippen molar-refractivity contribution in [1.29, 1.82) is 0 Å². The minimum Gasteiger partial charge on any atom is -0.497 e. The summed E-state index contributed by atoms with van der Waals surface area (Å²) in [5.74, 6) is 0.918. The smallest absolute Gasteiger partial charge is 0.294 e. The average molecular weight is 479 g/mol. The second kappa shape index (κ2) is 11.0. The van der Waals surface area contributed by atoms with E-state index in [1.54, 1.807) is 68.8 Å². The molecule has 1 aliphatic rings. The normalized spacial score (nSPS) is 14.3. The first kappa shape index (κ1) is 24.2. The maximum absolute atomic E-state index is 13.9. The number of ether oxygens (including phenoxy) is 3. The largest absolute Gasteiger partial charge is 0.497 e. The Morgan fingerprint density at radius 3 is 2.37 bits per heavy atom. The topological polar surface area (TPSA) is 90.2 Å². The molecule has 2 amide bonds. The molecule has 4 rings (SSSR count). The molecule has 0 bridgehead atoms. The van der Waals surface area contributed by atoms with Crippen molar-refractivity contribution in [1.82, 2.24) is 5.32 Å². The third-order valence-electron chi connectivity index (χ3n) is 6.21. The lowest BCUT2D eigenvalue weighted by molar-refractivity contribution is -0.123. The molecule has 1 aliphatic carbocycles. The van der Waals surface area contributed by atoms with E-state index in [4.69, 9.17) is 18.6 Å². The van der Waals surface area contributed by atoms with Crippen molar-refractivity contribution >= 4 is 17.5 Å². The fourth-order valence-corrected chi connectivity index (χ4v) is 4.45. The van der Waals surface area contributed by atoms with Gasteiger partial charge in [-0.05, 0) is 54.8 Å². The molecule has 1 N–H and O–H groups in total. The second-order valence-electron chi connectivity index (χ2n) is 8.36. The number of carbonyl (C=O) groups excluding carboxylic acids is 2. The molecule has 1 saturated carbocycles. The first-order valence-electron chi connectivity index (χ1n) is 11.6. The fourth-order valence-electron chi connectivity index (χ4n) is 4.45. The summed E-state index contributed by atoms with van der Waals surface area (Å²) >= 11 is 0. The zero-order chi connectivity index (χ0) is 24.8. The van der Waals surface area contributed by atoms with Gasteiger partial charge >= 0.3 is 0 Å². The SMILES string of the molecule is COc1cccc(N(C(=O)c2ccco2)C(C(=O)NC2CCCC2)c2ccc(OC)c(OC)c2)c1. The van der Waals surface area contributed by atoms with Crippen LogP contribution in [0, 0.1) is 0 Å². The van der Waals surface area contributed by atoms with Crippen LogP contribution in [-0.4, -0.2) is 39.2 Å². The van der Waals surface area contributed by atoms with E-state index in [2.05, 4.69) is 5.32 Å². The minimum atomic E-state index is -1.000. The highest BCUT2D eigenvalue weighted by molar-refractivity contribution is 6.08. The number of nitrogens with zero attached hydrogens (tertiary/aromatic N) is 1. The van der Waals surface area contributed by atoms with E-state index in [1.807, 2.05) is 0 Å². The molecule has 0 aliphatic heterocycles. The van der Waals surface area contributed by atoms with E-state index < -0.39 is 11.9 Å². The van der Waals surface area contributed by atoms with Crippen molar-refractivity contribution < 1.29 is 28.2 Å². The number of amides is 2. The lowest BCUT2D eigenvalue weighted by Crippen LogP contribution is -2.46. The van der Waals surface area contributed by atoms with Gasteiger partial charge in [0.25, 0.3) is 5.91 Å². The quantitative estimate of drug-likeness (QED) is 0.477. The van der Waals surface area contributed by atoms with E-state index in [1.165, 1.54) is 18.3 Å². The number of nitrogens with one attached hydrogen (secondary N) is 1. The van der Waals surface area contributed by atoms with Gasteiger partial charge in [0.15, 0.2) is 17.3 Å².